The first kappa shape index (κ1) is 18.9. The van der Waals surface area contributed by atoms with Crippen molar-refractivity contribution < 1.29 is 0 Å². The van der Waals surface area contributed by atoms with Gasteiger partial charge in [0.05, 0.1) is 11.9 Å². The lowest BCUT2D eigenvalue weighted by molar-refractivity contribution is 0.757. The van der Waals surface area contributed by atoms with Gasteiger partial charge in [0.1, 0.15) is 11.9 Å². The molecule has 1 atom stereocenters. The fourth-order valence-electron chi connectivity index (χ4n) is 3.82. The minimum atomic E-state index is -0.555. The molecule has 0 saturated heterocycles. The van der Waals surface area contributed by atoms with Gasteiger partial charge >= 0.3 is 0 Å². The van der Waals surface area contributed by atoms with Crippen LogP contribution in [0, 0.1) is 18.8 Å². The molecule has 31 heavy (non-hydrogen) atoms. The largest absolute Gasteiger partial charge is 0.367 e. The summed E-state index contributed by atoms with van der Waals surface area (Å²) >= 11 is 0. The summed E-state index contributed by atoms with van der Waals surface area (Å²) in [6, 6.07) is 11.3. The van der Waals surface area contributed by atoms with Gasteiger partial charge in [0.2, 0.25) is 0 Å². The lowest BCUT2D eigenvalue weighted by Crippen LogP contribution is -2.13. The normalized spacial score (nSPS) is 12.3. The molecule has 2 N–H and O–H groups in total. The monoisotopic (exact) mass is 411 g/mol. The number of para-hydroxylation sites is 1. The van der Waals surface area contributed by atoms with Gasteiger partial charge in [0, 0.05) is 58.8 Å². The number of rotatable bonds is 6. The molecule has 0 aliphatic carbocycles. The van der Waals surface area contributed by atoms with Crippen LogP contribution >= 0.6 is 0 Å². The van der Waals surface area contributed by atoms with Gasteiger partial charge in [-0.1, -0.05) is 23.4 Å². The quantitative estimate of drug-likeness (QED) is 0.391. The highest BCUT2D eigenvalue weighted by Crippen LogP contribution is 2.28. The summed E-state index contributed by atoms with van der Waals surface area (Å²) in [5.74, 6) is 0.739. The highest BCUT2D eigenvalue weighted by Gasteiger charge is 2.18. The Labute approximate surface area is 178 Å². The van der Waals surface area contributed by atoms with Gasteiger partial charge in [-0.05, 0) is 31.5 Å². The van der Waals surface area contributed by atoms with Crippen LogP contribution in [0.4, 0.5) is 5.82 Å². The number of benzene rings is 1. The van der Waals surface area contributed by atoms with Gasteiger partial charge in [0.25, 0.3) is 0 Å². The summed E-state index contributed by atoms with van der Waals surface area (Å²) in [6.07, 6.45) is 7.24. The molecule has 0 amide bonds. The van der Waals surface area contributed by atoms with Crippen molar-refractivity contribution in [1.82, 2.24) is 24.6 Å². The van der Waals surface area contributed by atoms with E-state index >= 15 is 0 Å². The van der Waals surface area contributed by atoms with Crippen molar-refractivity contribution in [3.8, 4) is 11.3 Å². The molecule has 0 aliphatic rings. The van der Waals surface area contributed by atoms with Crippen LogP contribution in [0.1, 0.15) is 22.7 Å². The average molecular weight is 411 g/mol. The maximum absolute atomic E-state index is 11.7. The summed E-state index contributed by atoms with van der Waals surface area (Å²) in [4.78, 5) is 24.0. The van der Waals surface area contributed by atoms with Gasteiger partial charge in [-0.3, -0.25) is 4.98 Å². The Hall–Kier alpha value is -4.07. The predicted molar refractivity (Wildman–Crippen MR) is 121 cm³/mol. The number of fused-ring (bicyclic) bond motifs is 2. The fourth-order valence-corrected chi connectivity index (χ4v) is 3.82. The Morgan fingerprint density at radius 2 is 2.03 bits per heavy atom. The molecule has 8 heteroatoms. The first-order chi connectivity index (χ1) is 15.1. The minimum absolute atomic E-state index is 0.328. The van der Waals surface area contributed by atoms with Crippen LogP contribution in [0.5, 0.6) is 0 Å². The predicted octanol–water partition coefficient (Wildman–Crippen LogP) is 4.81. The maximum Gasteiger partial charge on any atom is 0.160 e. The molecule has 0 bridgehead atoms. The summed E-state index contributed by atoms with van der Waals surface area (Å²) in [5.41, 5.74) is 6.34. The molecule has 1 aromatic carbocycles. The van der Waals surface area contributed by atoms with E-state index in [0.29, 0.717) is 6.54 Å². The third kappa shape index (κ3) is 3.42. The second kappa shape index (κ2) is 7.64. The standard InChI is InChI=1S/C23H21N7O/c1-14-7-16(11-24-9-14)20-8-22(30-23(28-20)15(2)10-27-30)26-13-21(29-31)18-12-25-19-6-4-3-5-17(18)19/h3-12,21,25-26H,13H2,1-2H3. The number of hydrogen-bond donors (Lipinski definition) is 2. The van der Waals surface area contributed by atoms with Gasteiger partial charge in [-0.2, -0.15) is 14.5 Å². The minimum Gasteiger partial charge on any atom is -0.367 e. The average Bonchev–Trinajstić information content (AvgIpc) is 3.38. The number of aromatic nitrogens is 5. The number of pyridine rings is 1. The zero-order valence-electron chi connectivity index (χ0n) is 17.2. The van der Waals surface area contributed by atoms with Crippen LogP contribution in [-0.2, 0) is 0 Å². The van der Waals surface area contributed by atoms with E-state index in [0.717, 1.165) is 50.3 Å². The number of hydrogen-bond acceptors (Lipinski definition) is 6. The van der Waals surface area contributed by atoms with E-state index < -0.39 is 6.04 Å². The Balaban J connectivity index is 1.51. The third-order valence-electron chi connectivity index (χ3n) is 5.40. The number of aromatic amines is 1. The lowest BCUT2D eigenvalue weighted by atomic mass is 10.1. The molecule has 1 unspecified atom stereocenters. The van der Waals surface area contributed by atoms with Crippen LogP contribution in [0.25, 0.3) is 27.8 Å². The maximum atomic E-state index is 11.7. The zero-order chi connectivity index (χ0) is 21.4. The van der Waals surface area contributed by atoms with Crippen LogP contribution < -0.4 is 5.32 Å². The molecular weight excluding hydrogens is 390 g/mol. The van der Waals surface area contributed by atoms with Crippen molar-refractivity contribution in [3.05, 3.63) is 82.8 Å². The van der Waals surface area contributed by atoms with E-state index in [4.69, 9.17) is 4.98 Å². The number of nitrogens with zero attached hydrogens (tertiary/aromatic N) is 5. The Kier molecular flexibility index (Phi) is 4.66. The van der Waals surface area contributed by atoms with Crippen molar-refractivity contribution >= 4 is 22.4 Å². The number of H-pyrrole nitrogens is 1. The third-order valence-corrected chi connectivity index (χ3v) is 5.40. The van der Waals surface area contributed by atoms with Crippen molar-refractivity contribution in [2.45, 2.75) is 19.9 Å². The topological polar surface area (TPSA) is 100 Å². The molecule has 0 aliphatic heterocycles. The van der Waals surface area contributed by atoms with Crippen LogP contribution in [0.3, 0.4) is 0 Å². The lowest BCUT2D eigenvalue weighted by Gasteiger charge is -2.14. The van der Waals surface area contributed by atoms with Crippen molar-refractivity contribution in [2.24, 2.45) is 5.18 Å². The molecule has 0 fully saturated rings. The highest BCUT2D eigenvalue weighted by molar-refractivity contribution is 5.83. The fraction of sp³-hybridized carbons (Fsp3) is 0.174. The Bertz CT molecular complexity index is 1400. The molecule has 4 heterocycles. The van der Waals surface area contributed by atoms with Gasteiger partial charge in [0.15, 0.2) is 5.65 Å². The van der Waals surface area contributed by atoms with E-state index in [-0.39, 0.29) is 0 Å². The van der Waals surface area contributed by atoms with Crippen LogP contribution in [-0.4, -0.2) is 31.1 Å². The molecule has 5 aromatic rings. The van der Waals surface area contributed by atoms with E-state index in [9.17, 15) is 4.91 Å². The first-order valence-electron chi connectivity index (χ1n) is 10.0. The van der Waals surface area contributed by atoms with E-state index in [1.807, 2.05) is 62.6 Å². The van der Waals surface area contributed by atoms with Crippen LogP contribution in [0.2, 0.25) is 0 Å². The summed E-state index contributed by atoms with van der Waals surface area (Å²) < 4.78 is 1.75. The number of anilines is 1. The van der Waals surface area contributed by atoms with Gasteiger partial charge < -0.3 is 10.3 Å². The second-order valence-electron chi connectivity index (χ2n) is 7.63. The molecule has 0 radical (unpaired) electrons. The van der Waals surface area contributed by atoms with Crippen molar-refractivity contribution in [2.75, 3.05) is 11.9 Å². The number of nitroso groups, excluding NO2 is 1. The van der Waals surface area contributed by atoms with Gasteiger partial charge in [-0.25, -0.2) is 4.98 Å². The molecule has 4 aromatic heterocycles. The van der Waals surface area contributed by atoms with E-state index in [1.165, 1.54) is 0 Å². The molecular formula is C23H21N7O. The Morgan fingerprint density at radius 3 is 2.87 bits per heavy atom. The van der Waals surface area contributed by atoms with Crippen LogP contribution in [0.15, 0.2) is 66.4 Å². The Morgan fingerprint density at radius 1 is 1.16 bits per heavy atom. The summed E-state index contributed by atoms with van der Waals surface area (Å²) in [5, 5.41) is 12.2. The van der Waals surface area contributed by atoms with E-state index in [2.05, 4.69) is 25.6 Å². The van der Waals surface area contributed by atoms with Gasteiger partial charge in [-0.15, -0.1) is 0 Å². The molecule has 0 saturated carbocycles. The summed E-state index contributed by atoms with van der Waals surface area (Å²) in [7, 11) is 0. The first-order valence-corrected chi connectivity index (χ1v) is 10.0. The van der Waals surface area contributed by atoms with Crippen molar-refractivity contribution in [1.29, 1.82) is 0 Å². The molecule has 8 nitrogen and oxygen atoms in total. The van der Waals surface area contributed by atoms with E-state index in [1.54, 1.807) is 16.9 Å². The number of nitrogens with one attached hydrogen (secondary N) is 2. The van der Waals surface area contributed by atoms with Crippen molar-refractivity contribution in [3.63, 3.8) is 0 Å². The molecule has 5 rings (SSSR count). The zero-order valence-corrected chi connectivity index (χ0v) is 17.2. The molecule has 0 spiro atoms. The smallest absolute Gasteiger partial charge is 0.160 e. The summed E-state index contributed by atoms with van der Waals surface area (Å²) in [6.45, 7) is 4.30. The molecule has 154 valence electrons. The SMILES string of the molecule is Cc1cncc(-c2cc(NCC(N=O)c3c[nH]c4ccccc34)n3ncc(C)c3n2)c1. The number of aryl methyl sites for hydroxylation is 2. The second-order valence-corrected chi connectivity index (χ2v) is 7.63. The highest BCUT2D eigenvalue weighted by atomic mass is 16.3.